The second-order valence-electron chi connectivity index (χ2n) is 9.18. The molecule has 0 unspecified atom stereocenters. The summed E-state index contributed by atoms with van der Waals surface area (Å²) in [6.07, 6.45) is 9.53. The lowest BCUT2D eigenvalue weighted by molar-refractivity contribution is 0.0338. The maximum absolute atomic E-state index is 12.7. The molecule has 0 atom stereocenters. The van der Waals surface area contributed by atoms with Gasteiger partial charge in [0.05, 0.1) is 18.1 Å². The molecule has 3 aromatic rings. The molecule has 1 aliphatic heterocycles. The van der Waals surface area contributed by atoms with Gasteiger partial charge in [0.1, 0.15) is 5.75 Å². The van der Waals surface area contributed by atoms with Crippen molar-refractivity contribution in [3.63, 3.8) is 0 Å². The number of piperidine rings is 1. The fourth-order valence-electron chi connectivity index (χ4n) is 6.09. The number of ether oxygens (including phenoxy) is 1. The SMILES string of the molecule is COc1ccccc1C1(N2CCC(n3c(=O)[nH]c4ccccc43)CC2)CCCCCC1. The van der Waals surface area contributed by atoms with E-state index in [1.54, 1.807) is 7.11 Å². The average molecular weight is 420 g/mol. The highest BCUT2D eigenvalue weighted by Gasteiger charge is 2.42. The Morgan fingerprint density at radius 1 is 0.935 bits per heavy atom. The normalized spacial score (nSPS) is 20.5. The summed E-state index contributed by atoms with van der Waals surface area (Å²) in [5.74, 6) is 1.01. The Bertz CT molecular complexity index is 1080. The van der Waals surface area contributed by atoms with Crippen molar-refractivity contribution in [2.24, 2.45) is 0 Å². The van der Waals surface area contributed by atoms with E-state index in [9.17, 15) is 4.79 Å². The summed E-state index contributed by atoms with van der Waals surface area (Å²) in [5.41, 5.74) is 3.37. The van der Waals surface area contributed by atoms with Gasteiger partial charge in [-0.15, -0.1) is 0 Å². The fourth-order valence-corrected chi connectivity index (χ4v) is 6.09. The largest absolute Gasteiger partial charge is 0.496 e. The van der Waals surface area contributed by atoms with Crippen molar-refractivity contribution in [1.29, 1.82) is 0 Å². The van der Waals surface area contributed by atoms with Crippen LogP contribution in [0.25, 0.3) is 11.0 Å². The Hall–Kier alpha value is -2.53. The molecule has 2 heterocycles. The number of hydrogen-bond donors (Lipinski definition) is 1. The van der Waals surface area contributed by atoms with Crippen molar-refractivity contribution in [1.82, 2.24) is 14.5 Å². The fraction of sp³-hybridized carbons (Fsp3) is 0.500. The first-order chi connectivity index (χ1) is 15.2. The Morgan fingerprint density at radius 3 is 2.35 bits per heavy atom. The number of H-pyrrole nitrogens is 1. The highest BCUT2D eigenvalue weighted by molar-refractivity contribution is 5.75. The third-order valence-corrected chi connectivity index (χ3v) is 7.60. The molecule has 2 aliphatic rings. The molecule has 1 aromatic heterocycles. The van der Waals surface area contributed by atoms with E-state index in [4.69, 9.17) is 4.74 Å². The summed E-state index contributed by atoms with van der Waals surface area (Å²) >= 11 is 0. The zero-order valence-corrected chi connectivity index (χ0v) is 18.5. The van der Waals surface area contributed by atoms with E-state index < -0.39 is 0 Å². The molecule has 31 heavy (non-hydrogen) atoms. The van der Waals surface area contributed by atoms with E-state index in [1.165, 1.54) is 44.1 Å². The number of nitrogens with zero attached hydrogens (tertiary/aromatic N) is 2. The van der Waals surface area contributed by atoms with Gasteiger partial charge in [-0.05, 0) is 43.9 Å². The van der Waals surface area contributed by atoms with Crippen molar-refractivity contribution >= 4 is 11.0 Å². The maximum Gasteiger partial charge on any atom is 0.326 e. The van der Waals surface area contributed by atoms with Crippen molar-refractivity contribution < 1.29 is 4.74 Å². The number of aromatic nitrogens is 2. The monoisotopic (exact) mass is 419 g/mol. The number of aromatic amines is 1. The molecule has 0 bridgehead atoms. The standard InChI is InChI=1S/C26H33N3O2/c1-31-24-13-7-4-10-21(24)26(16-8-2-3-9-17-26)28-18-14-20(15-19-28)29-23-12-6-5-11-22(23)27-25(29)30/h4-7,10-13,20H,2-3,8-9,14-19H2,1H3,(H,27,30). The quantitative estimate of drug-likeness (QED) is 0.590. The lowest BCUT2D eigenvalue weighted by Crippen LogP contribution is -2.50. The van der Waals surface area contributed by atoms with E-state index >= 15 is 0 Å². The van der Waals surface area contributed by atoms with Crippen LogP contribution in [0.15, 0.2) is 53.3 Å². The van der Waals surface area contributed by atoms with Crippen LogP contribution in [0.1, 0.15) is 63.0 Å². The van der Waals surface area contributed by atoms with Gasteiger partial charge in [0, 0.05) is 30.2 Å². The first-order valence-corrected chi connectivity index (χ1v) is 11.8. The van der Waals surface area contributed by atoms with E-state index in [-0.39, 0.29) is 17.3 Å². The molecule has 0 amide bonds. The molecule has 0 radical (unpaired) electrons. The third kappa shape index (κ3) is 3.59. The number of nitrogens with one attached hydrogen (secondary N) is 1. The Morgan fingerprint density at radius 2 is 1.61 bits per heavy atom. The molecule has 1 N–H and O–H groups in total. The predicted molar refractivity (Wildman–Crippen MR) is 125 cm³/mol. The maximum atomic E-state index is 12.7. The van der Waals surface area contributed by atoms with E-state index in [1.807, 2.05) is 22.8 Å². The number of rotatable bonds is 4. The number of likely N-dealkylation sites (tertiary alicyclic amines) is 1. The van der Waals surface area contributed by atoms with Crippen molar-refractivity contribution in [3.8, 4) is 5.75 Å². The minimum atomic E-state index is 0.0218. The molecule has 5 nitrogen and oxygen atoms in total. The number of imidazole rings is 1. The number of fused-ring (bicyclic) bond motifs is 1. The zero-order chi connectivity index (χ0) is 21.3. The molecule has 5 rings (SSSR count). The number of para-hydroxylation sites is 3. The van der Waals surface area contributed by atoms with Crippen LogP contribution in [-0.4, -0.2) is 34.7 Å². The molecule has 1 saturated heterocycles. The lowest BCUT2D eigenvalue weighted by Gasteiger charge is -2.48. The molecule has 2 aromatic carbocycles. The molecule has 164 valence electrons. The second-order valence-corrected chi connectivity index (χ2v) is 9.18. The molecule has 1 saturated carbocycles. The van der Waals surface area contributed by atoms with Crippen LogP contribution in [0.4, 0.5) is 0 Å². The van der Waals surface area contributed by atoms with Crippen LogP contribution in [0.3, 0.4) is 0 Å². The summed E-state index contributed by atoms with van der Waals surface area (Å²) in [7, 11) is 1.79. The minimum Gasteiger partial charge on any atom is -0.496 e. The van der Waals surface area contributed by atoms with E-state index in [0.29, 0.717) is 0 Å². The number of benzene rings is 2. The lowest BCUT2D eigenvalue weighted by atomic mass is 9.79. The minimum absolute atomic E-state index is 0.0218. The second kappa shape index (κ2) is 8.54. The van der Waals surface area contributed by atoms with Gasteiger partial charge in [0.15, 0.2) is 0 Å². The number of hydrogen-bond acceptors (Lipinski definition) is 3. The van der Waals surface area contributed by atoms with Gasteiger partial charge in [0.2, 0.25) is 0 Å². The smallest absolute Gasteiger partial charge is 0.326 e. The highest BCUT2D eigenvalue weighted by atomic mass is 16.5. The van der Waals surface area contributed by atoms with E-state index in [2.05, 4.69) is 40.2 Å². The topological polar surface area (TPSA) is 50.3 Å². The Balaban J connectivity index is 1.45. The van der Waals surface area contributed by atoms with Crippen LogP contribution in [0, 0.1) is 0 Å². The number of methoxy groups -OCH3 is 1. The molecular formula is C26H33N3O2. The first-order valence-electron chi connectivity index (χ1n) is 11.8. The van der Waals surface area contributed by atoms with Gasteiger partial charge < -0.3 is 9.72 Å². The van der Waals surface area contributed by atoms with Crippen molar-refractivity contribution in [2.75, 3.05) is 20.2 Å². The summed E-state index contributed by atoms with van der Waals surface area (Å²) in [6, 6.07) is 16.9. The van der Waals surface area contributed by atoms with Gasteiger partial charge in [-0.25, -0.2) is 4.79 Å². The summed E-state index contributed by atoms with van der Waals surface area (Å²) in [5, 5.41) is 0. The van der Waals surface area contributed by atoms with Crippen LogP contribution < -0.4 is 10.4 Å². The molecule has 1 aliphatic carbocycles. The first kappa shape index (κ1) is 20.4. The van der Waals surface area contributed by atoms with Gasteiger partial charge >= 0.3 is 5.69 Å². The van der Waals surface area contributed by atoms with Gasteiger partial charge in [-0.2, -0.15) is 0 Å². The average Bonchev–Trinajstić information content (AvgIpc) is 2.97. The summed E-state index contributed by atoms with van der Waals surface area (Å²) in [4.78, 5) is 18.5. The Labute approximate surface area is 184 Å². The zero-order valence-electron chi connectivity index (χ0n) is 18.5. The third-order valence-electron chi connectivity index (χ3n) is 7.60. The highest BCUT2D eigenvalue weighted by Crippen LogP contribution is 2.46. The van der Waals surface area contributed by atoms with Crippen LogP contribution >= 0.6 is 0 Å². The van der Waals surface area contributed by atoms with Crippen molar-refractivity contribution in [2.45, 2.75) is 62.9 Å². The molecule has 5 heteroatoms. The van der Waals surface area contributed by atoms with Crippen LogP contribution in [-0.2, 0) is 5.54 Å². The summed E-state index contributed by atoms with van der Waals surface area (Å²) < 4.78 is 7.82. The molecular weight excluding hydrogens is 386 g/mol. The van der Waals surface area contributed by atoms with Gasteiger partial charge in [-0.1, -0.05) is 56.0 Å². The molecule has 0 spiro atoms. The van der Waals surface area contributed by atoms with Crippen LogP contribution in [0.5, 0.6) is 5.75 Å². The predicted octanol–water partition coefficient (Wildman–Crippen LogP) is 5.22. The summed E-state index contributed by atoms with van der Waals surface area (Å²) in [6.45, 7) is 2.02. The Kier molecular flexibility index (Phi) is 5.61. The van der Waals surface area contributed by atoms with E-state index in [0.717, 1.165) is 42.7 Å². The van der Waals surface area contributed by atoms with Crippen LogP contribution in [0.2, 0.25) is 0 Å². The van der Waals surface area contributed by atoms with Gasteiger partial charge in [-0.3, -0.25) is 9.47 Å². The molecule has 2 fully saturated rings. The van der Waals surface area contributed by atoms with Gasteiger partial charge in [0.25, 0.3) is 0 Å². The van der Waals surface area contributed by atoms with Crippen molar-refractivity contribution in [3.05, 3.63) is 64.6 Å².